The summed E-state index contributed by atoms with van der Waals surface area (Å²) in [6, 6.07) is 9.65. The normalized spacial score (nSPS) is 11.4. The second kappa shape index (κ2) is 10.8. The van der Waals surface area contributed by atoms with Crippen molar-refractivity contribution in [3.8, 4) is 11.5 Å². The third-order valence-corrected chi connectivity index (χ3v) is 4.63. The van der Waals surface area contributed by atoms with Crippen molar-refractivity contribution in [2.24, 2.45) is 5.10 Å². The fourth-order valence-electron chi connectivity index (χ4n) is 2.84. The van der Waals surface area contributed by atoms with Crippen molar-refractivity contribution < 1.29 is 24.5 Å². The maximum absolute atomic E-state index is 12.7. The highest BCUT2D eigenvalue weighted by Crippen LogP contribution is 2.26. The van der Waals surface area contributed by atoms with E-state index >= 15 is 0 Å². The van der Waals surface area contributed by atoms with Gasteiger partial charge in [0.25, 0.3) is 5.91 Å². The van der Waals surface area contributed by atoms with Crippen LogP contribution < -0.4 is 10.2 Å². The molecule has 0 aliphatic carbocycles. The van der Waals surface area contributed by atoms with E-state index in [2.05, 4.69) is 20.5 Å². The average molecular weight is 446 g/mol. The SMILES string of the molecule is C/C(=C\c1ccccc1O)C(=O)Oc1c(C)ncc(CO)c1/C=N/NC(=O)c1ccncc1. The molecular formula is C24H22N4O5. The molecule has 0 bridgehead atoms. The quantitative estimate of drug-likeness (QED) is 0.220. The van der Waals surface area contributed by atoms with Crippen molar-refractivity contribution >= 4 is 24.2 Å². The largest absolute Gasteiger partial charge is 0.507 e. The Bertz CT molecular complexity index is 1220. The molecule has 3 N–H and O–H groups in total. The van der Waals surface area contributed by atoms with E-state index in [1.165, 1.54) is 49.1 Å². The topological polar surface area (TPSA) is 134 Å². The third-order valence-electron chi connectivity index (χ3n) is 4.63. The zero-order chi connectivity index (χ0) is 23.8. The number of ether oxygens (including phenoxy) is 1. The average Bonchev–Trinajstić information content (AvgIpc) is 2.83. The minimum Gasteiger partial charge on any atom is -0.507 e. The van der Waals surface area contributed by atoms with Crippen molar-refractivity contribution in [2.45, 2.75) is 20.5 Å². The minimum absolute atomic E-state index is 0.0301. The number of benzene rings is 1. The van der Waals surface area contributed by atoms with Gasteiger partial charge < -0.3 is 14.9 Å². The molecule has 0 unspecified atom stereocenters. The second-order valence-corrected chi connectivity index (χ2v) is 6.98. The molecule has 0 saturated carbocycles. The number of phenolic OH excluding ortho intramolecular Hbond substituents is 1. The molecule has 2 aromatic heterocycles. The number of esters is 1. The summed E-state index contributed by atoms with van der Waals surface area (Å²) < 4.78 is 5.56. The Morgan fingerprint density at radius 1 is 1.18 bits per heavy atom. The highest BCUT2D eigenvalue weighted by Gasteiger charge is 2.17. The number of aryl methyl sites for hydroxylation is 1. The molecule has 1 aromatic carbocycles. The van der Waals surface area contributed by atoms with Crippen LogP contribution >= 0.6 is 0 Å². The van der Waals surface area contributed by atoms with Gasteiger partial charge in [-0.1, -0.05) is 18.2 Å². The Morgan fingerprint density at radius 3 is 2.61 bits per heavy atom. The van der Waals surface area contributed by atoms with Gasteiger partial charge in [0.2, 0.25) is 0 Å². The monoisotopic (exact) mass is 446 g/mol. The Labute approximate surface area is 190 Å². The molecule has 0 saturated heterocycles. The molecule has 0 radical (unpaired) electrons. The van der Waals surface area contributed by atoms with Gasteiger partial charge in [-0.25, -0.2) is 10.2 Å². The summed E-state index contributed by atoms with van der Waals surface area (Å²) in [5.74, 6) is -1.00. The lowest BCUT2D eigenvalue weighted by molar-refractivity contribution is -0.130. The number of nitrogens with one attached hydrogen (secondary N) is 1. The van der Waals surface area contributed by atoms with Crippen LogP contribution in [0.3, 0.4) is 0 Å². The summed E-state index contributed by atoms with van der Waals surface area (Å²) in [7, 11) is 0. The number of para-hydroxylation sites is 1. The van der Waals surface area contributed by atoms with E-state index in [9.17, 15) is 19.8 Å². The maximum Gasteiger partial charge on any atom is 0.339 e. The molecule has 0 aliphatic rings. The molecule has 0 spiro atoms. The summed E-state index contributed by atoms with van der Waals surface area (Å²) in [6.07, 6.45) is 7.18. The highest BCUT2D eigenvalue weighted by molar-refractivity contribution is 5.97. The predicted octanol–water partition coefficient (Wildman–Crippen LogP) is 2.76. The first-order valence-corrected chi connectivity index (χ1v) is 9.92. The molecule has 168 valence electrons. The molecule has 9 nitrogen and oxygen atoms in total. The maximum atomic E-state index is 12.7. The van der Waals surface area contributed by atoms with E-state index in [-0.39, 0.29) is 23.7 Å². The van der Waals surface area contributed by atoms with Crippen LogP contribution in [0.5, 0.6) is 11.5 Å². The van der Waals surface area contributed by atoms with E-state index in [1.54, 1.807) is 32.0 Å². The zero-order valence-electron chi connectivity index (χ0n) is 18.0. The van der Waals surface area contributed by atoms with E-state index < -0.39 is 11.9 Å². The van der Waals surface area contributed by atoms with E-state index in [4.69, 9.17) is 4.74 Å². The van der Waals surface area contributed by atoms with E-state index in [1.807, 2.05) is 0 Å². The standard InChI is InChI=1S/C24H22N4O5/c1-15(11-18-5-3-4-6-21(18)30)24(32)33-22-16(2)26-12-19(14-29)20(22)13-27-28-23(31)17-7-9-25-10-8-17/h3-13,29-30H,14H2,1-2H3,(H,28,31)/b15-11+,27-13+. The minimum atomic E-state index is -0.672. The van der Waals surface area contributed by atoms with Crippen molar-refractivity contribution in [1.82, 2.24) is 15.4 Å². The number of amides is 1. The van der Waals surface area contributed by atoms with E-state index in [0.717, 1.165) is 0 Å². The summed E-state index contributed by atoms with van der Waals surface area (Å²) in [5.41, 5.74) is 4.49. The first-order chi connectivity index (χ1) is 15.9. The van der Waals surface area contributed by atoms with Crippen LogP contribution in [0, 0.1) is 6.92 Å². The van der Waals surface area contributed by atoms with Crippen LogP contribution in [0.4, 0.5) is 0 Å². The molecule has 33 heavy (non-hydrogen) atoms. The number of aliphatic hydroxyl groups is 1. The molecule has 3 rings (SSSR count). The number of aromatic nitrogens is 2. The van der Waals surface area contributed by atoms with Gasteiger partial charge in [-0.2, -0.15) is 5.10 Å². The highest BCUT2D eigenvalue weighted by atomic mass is 16.5. The lowest BCUT2D eigenvalue weighted by Gasteiger charge is -2.13. The van der Waals surface area contributed by atoms with Gasteiger partial charge in [-0.15, -0.1) is 0 Å². The number of pyridine rings is 2. The van der Waals surface area contributed by atoms with Crippen LogP contribution in [0.25, 0.3) is 6.08 Å². The number of hydrazone groups is 1. The molecule has 0 atom stereocenters. The molecule has 1 amide bonds. The van der Waals surface area contributed by atoms with Crippen LogP contribution in [0.15, 0.2) is 65.7 Å². The molecule has 3 aromatic rings. The molecule has 0 aliphatic heterocycles. The van der Waals surface area contributed by atoms with Crippen LogP contribution in [0.2, 0.25) is 0 Å². The Kier molecular flexibility index (Phi) is 7.61. The van der Waals surface area contributed by atoms with Gasteiger partial charge in [0.1, 0.15) is 5.75 Å². The summed E-state index contributed by atoms with van der Waals surface area (Å²) in [5, 5.41) is 23.6. The van der Waals surface area contributed by atoms with Crippen LogP contribution in [-0.4, -0.2) is 38.3 Å². The summed E-state index contributed by atoms with van der Waals surface area (Å²) in [6.45, 7) is 2.80. The van der Waals surface area contributed by atoms with Gasteiger partial charge in [0.15, 0.2) is 5.75 Å². The molecule has 2 heterocycles. The fourth-order valence-corrected chi connectivity index (χ4v) is 2.84. The van der Waals surface area contributed by atoms with Gasteiger partial charge >= 0.3 is 5.97 Å². The van der Waals surface area contributed by atoms with E-state index in [0.29, 0.717) is 27.9 Å². The smallest absolute Gasteiger partial charge is 0.339 e. The van der Waals surface area contributed by atoms with Crippen molar-refractivity contribution in [3.05, 3.63) is 88.5 Å². The van der Waals surface area contributed by atoms with Crippen molar-refractivity contribution in [1.29, 1.82) is 0 Å². The number of hydrogen-bond donors (Lipinski definition) is 3. The number of carbonyl (C=O) groups excluding carboxylic acids is 2. The van der Waals surface area contributed by atoms with Gasteiger partial charge in [-0.3, -0.25) is 14.8 Å². The number of aliphatic hydroxyl groups excluding tert-OH is 1. The Balaban J connectivity index is 1.85. The second-order valence-electron chi connectivity index (χ2n) is 6.98. The van der Waals surface area contributed by atoms with Crippen molar-refractivity contribution in [2.75, 3.05) is 0 Å². The van der Waals surface area contributed by atoms with Gasteiger partial charge in [0, 0.05) is 46.4 Å². The van der Waals surface area contributed by atoms with Gasteiger partial charge in [0.05, 0.1) is 18.5 Å². The third kappa shape index (κ3) is 5.86. The zero-order valence-corrected chi connectivity index (χ0v) is 18.0. The van der Waals surface area contributed by atoms with Crippen LogP contribution in [-0.2, 0) is 11.4 Å². The van der Waals surface area contributed by atoms with Crippen molar-refractivity contribution in [3.63, 3.8) is 0 Å². The Hall–Kier alpha value is -4.37. The lowest BCUT2D eigenvalue weighted by Crippen LogP contribution is -2.18. The lowest BCUT2D eigenvalue weighted by atomic mass is 10.1. The number of hydrogen-bond acceptors (Lipinski definition) is 8. The number of aromatic hydroxyl groups is 1. The summed E-state index contributed by atoms with van der Waals surface area (Å²) in [4.78, 5) is 32.9. The number of rotatable bonds is 7. The molecular weight excluding hydrogens is 424 g/mol. The number of carbonyl (C=O) groups is 2. The summed E-state index contributed by atoms with van der Waals surface area (Å²) >= 11 is 0. The fraction of sp³-hybridized carbons (Fsp3) is 0.125. The predicted molar refractivity (Wildman–Crippen MR) is 122 cm³/mol. The van der Waals surface area contributed by atoms with Gasteiger partial charge in [-0.05, 0) is 38.1 Å². The van der Waals surface area contributed by atoms with Crippen LogP contribution in [0.1, 0.15) is 39.7 Å². The number of phenols is 1. The first-order valence-electron chi connectivity index (χ1n) is 9.92. The Morgan fingerprint density at radius 2 is 1.91 bits per heavy atom. The number of nitrogens with zero attached hydrogens (tertiary/aromatic N) is 3. The molecule has 0 fully saturated rings. The molecule has 9 heteroatoms. The first kappa shape index (κ1) is 23.3.